The lowest BCUT2D eigenvalue weighted by Gasteiger charge is -2.29. The fourth-order valence-electron chi connectivity index (χ4n) is 5.35. The molecule has 43 heavy (non-hydrogen) atoms. The highest BCUT2D eigenvalue weighted by atomic mass is 32.3. The highest BCUT2D eigenvalue weighted by molar-refractivity contribution is 7.94. The maximum absolute atomic E-state index is 12.9. The van der Waals surface area contributed by atoms with Gasteiger partial charge in [-0.25, -0.2) is 8.42 Å². The van der Waals surface area contributed by atoms with Crippen molar-refractivity contribution in [3.63, 3.8) is 0 Å². The van der Waals surface area contributed by atoms with Crippen molar-refractivity contribution in [1.82, 2.24) is 9.80 Å². The summed E-state index contributed by atoms with van der Waals surface area (Å²) >= 11 is 0.671. The van der Waals surface area contributed by atoms with Crippen LogP contribution in [0.15, 0.2) is 80.0 Å². The number of carbonyl (C=O) groups is 1. The van der Waals surface area contributed by atoms with Crippen molar-refractivity contribution in [2.24, 2.45) is 0 Å². The first-order valence-corrected chi connectivity index (χ1v) is 18.8. The highest BCUT2D eigenvalue weighted by Gasteiger charge is 2.26. The molecule has 1 fully saturated rings. The number of unbranched alkanes of at least 4 members (excludes halogenated alkanes) is 1. The van der Waals surface area contributed by atoms with Gasteiger partial charge in [-0.15, -0.1) is 11.3 Å². The Hall–Kier alpha value is -2.73. The molecule has 0 radical (unpaired) electrons. The molecule has 1 unspecified atom stereocenters. The summed E-state index contributed by atoms with van der Waals surface area (Å²) in [5.74, 6) is 0.471. The Bertz CT molecular complexity index is 1540. The molecule has 0 aliphatic carbocycles. The van der Waals surface area contributed by atoms with Gasteiger partial charge in [0.25, 0.3) is 0 Å². The number of rotatable bonds is 15. The molecule has 1 atom stereocenters. The predicted octanol–water partition coefficient (Wildman–Crippen LogP) is 6.17. The standard InChI is InChI=1S/C32H42N2O6S3/c1-3-21-33(22-10-11-24-34-23-9-5-8-14-30(34)35)26(2)25-27-15-17-28(18-16-27)40-43(38,39)32-20-19-31(41-32)42(36,37)29-12-6-4-7-13-29/h4,6-7,12-13,15-20,26H,3,5,8-11,14,21-25H2,1-2H3. The van der Waals surface area contributed by atoms with Crippen LogP contribution in [0.2, 0.25) is 0 Å². The van der Waals surface area contributed by atoms with E-state index in [1.165, 1.54) is 24.3 Å². The van der Waals surface area contributed by atoms with Gasteiger partial charge in [-0.1, -0.05) is 43.7 Å². The molecule has 0 spiro atoms. The molecule has 1 aliphatic rings. The summed E-state index contributed by atoms with van der Waals surface area (Å²) in [6.45, 7) is 8.08. The normalized spacial score (nSPS) is 15.4. The molecule has 8 nitrogen and oxygen atoms in total. The minimum atomic E-state index is -4.20. The molecule has 11 heteroatoms. The van der Waals surface area contributed by atoms with Crippen LogP contribution in [0.25, 0.3) is 0 Å². The summed E-state index contributed by atoms with van der Waals surface area (Å²) < 4.78 is 56.7. The van der Waals surface area contributed by atoms with Gasteiger partial charge in [0.05, 0.1) is 4.90 Å². The van der Waals surface area contributed by atoms with Crippen LogP contribution in [0.5, 0.6) is 5.75 Å². The van der Waals surface area contributed by atoms with Crippen LogP contribution < -0.4 is 4.18 Å². The van der Waals surface area contributed by atoms with Crippen LogP contribution in [0.4, 0.5) is 0 Å². The van der Waals surface area contributed by atoms with E-state index < -0.39 is 20.0 Å². The number of carbonyl (C=O) groups excluding carboxylic acids is 1. The van der Waals surface area contributed by atoms with Crippen LogP contribution in [-0.4, -0.2) is 64.8 Å². The van der Waals surface area contributed by atoms with E-state index in [4.69, 9.17) is 4.18 Å². The third kappa shape index (κ3) is 9.14. The Morgan fingerprint density at radius 2 is 1.60 bits per heavy atom. The third-order valence-corrected chi connectivity index (χ3v) is 12.8. The maximum Gasteiger partial charge on any atom is 0.348 e. The second kappa shape index (κ2) is 15.3. The molecule has 3 aromatic rings. The zero-order valence-electron chi connectivity index (χ0n) is 25.0. The van der Waals surface area contributed by atoms with Crippen molar-refractivity contribution < 1.29 is 25.8 Å². The molecule has 0 N–H and O–H groups in total. The van der Waals surface area contributed by atoms with Crippen molar-refractivity contribution in [2.75, 3.05) is 26.2 Å². The molecule has 0 saturated carbocycles. The molecular weight excluding hydrogens is 605 g/mol. The Balaban J connectivity index is 1.31. The molecule has 1 saturated heterocycles. The highest BCUT2D eigenvalue weighted by Crippen LogP contribution is 2.32. The number of hydrogen-bond acceptors (Lipinski definition) is 8. The largest absolute Gasteiger partial charge is 0.378 e. The molecule has 1 amide bonds. The van der Waals surface area contributed by atoms with E-state index in [1.807, 2.05) is 17.0 Å². The zero-order chi connectivity index (χ0) is 30.9. The summed E-state index contributed by atoms with van der Waals surface area (Å²) in [5, 5.41) is 0. The van der Waals surface area contributed by atoms with Crippen LogP contribution in [-0.2, 0) is 31.2 Å². The SMILES string of the molecule is CCCN(CCCCN1CCCCCC1=O)C(C)Cc1ccc(OS(=O)(=O)c2ccc(S(=O)(=O)c3ccccc3)s2)cc1. The smallest absolute Gasteiger partial charge is 0.348 e. The van der Waals surface area contributed by atoms with Gasteiger partial charge in [0, 0.05) is 25.6 Å². The number of amides is 1. The van der Waals surface area contributed by atoms with E-state index in [1.54, 1.807) is 30.3 Å². The first-order valence-electron chi connectivity index (χ1n) is 15.1. The van der Waals surface area contributed by atoms with Gasteiger partial charge < -0.3 is 14.0 Å². The van der Waals surface area contributed by atoms with Crippen LogP contribution in [0, 0.1) is 0 Å². The second-order valence-corrected chi connectivity index (χ2v) is 16.1. The van der Waals surface area contributed by atoms with E-state index in [0.29, 0.717) is 29.7 Å². The molecule has 2 aromatic carbocycles. The fourth-order valence-corrected chi connectivity index (χ4v) is 9.43. The van der Waals surface area contributed by atoms with Crippen molar-refractivity contribution in [2.45, 2.75) is 84.6 Å². The first kappa shape index (κ1) is 33.2. The zero-order valence-corrected chi connectivity index (χ0v) is 27.4. The van der Waals surface area contributed by atoms with Gasteiger partial charge in [-0.05, 0) is 100 Å². The summed E-state index contributed by atoms with van der Waals surface area (Å²) in [6.07, 6.45) is 7.84. The van der Waals surface area contributed by atoms with Gasteiger partial charge >= 0.3 is 10.1 Å². The average Bonchev–Trinajstić information content (AvgIpc) is 3.43. The molecule has 1 aromatic heterocycles. The Morgan fingerprint density at radius 3 is 2.33 bits per heavy atom. The van der Waals surface area contributed by atoms with Crippen molar-refractivity contribution in [3.8, 4) is 5.75 Å². The summed E-state index contributed by atoms with van der Waals surface area (Å²) in [7, 11) is -8.01. The van der Waals surface area contributed by atoms with Crippen molar-refractivity contribution in [1.29, 1.82) is 0 Å². The number of hydrogen-bond donors (Lipinski definition) is 0. The van der Waals surface area contributed by atoms with Gasteiger partial charge in [-0.3, -0.25) is 4.79 Å². The van der Waals surface area contributed by atoms with Gasteiger partial charge in [0.15, 0.2) is 4.21 Å². The summed E-state index contributed by atoms with van der Waals surface area (Å²) in [6, 6.07) is 17.8. The lowest BCUT2D eigenvalue weighted by molar-refractivity contribution is -0.130. The molecule has 2 heterocycles. The van der Waals surface area contributed by atoms with Crippen LogP contribution >= 0.6 is 11.3 Å². The Kier molecular flexibility index (Phi) is 11.8. The van der Waals surface area contributed by atoms with Crippen molar-refractivity contribution >= 4 is 37.2 Å². The van der Waals surface area contributed by atoms with Crippen molar-refractivity contribution in [3.05, 3.63) is 72.3 Å². The van der Waals surface area contributed by atoms with Gasteiger partial charge in [0.2, 0.25) is 15.7 Å². The minimum Gasteiger partial charge on any atom is -0.378 e. The maximum atomic E-state index is 12.9. The monoisotopic (exact) mass is 646 g/mol. The number of nitrogens with zero attached hydrogens (tertiary/aromatic N) is 2. The van der Waals surface area contributed by atoms with Gasteiger partial charge in [-0.2, -0.15) is 8.42 Å². The van der Waals surface area contributed by atoms with E-state index in [2.05, 4.69) is 18.7 Å². The van der Waals surface area contributed by atoms with E-state index in [-0.39, 0.29) is 19.1 Å². The summed E-state index contributed by atoms with van der Waals surface area (Å²) in [4.78, 5) is 16.9. The van der Waals surface area contributed by atoms with Gasteiger partial charge in [0.1, 0.15) is 9.96 Å². The fraction of sp³-hybridized carbons (Fsp3) is 0.469. The van der Waals surface area contributed by atoms with E-state index >= 15 is 0 Å². The molecule has 234 valence electrons. The number of sulfone groups is 1. The first-order chi connectivity index (χ1) is 20.6. The lowest BCUT2D eigenvalue weighted by atomic mass is 10.0. The van der Waals surface area contributed by atoms with E-state index in [9.17, 15) is 21.6 Å². The van der Waals surface area contributed by atoms with Crippen LogP contribution in [0.1, 0.15) is 64.4 Å². The Morgan fingerprint density at radius 1 is 0.884 bits per heavy atom. The quantitative estimate of drug-likeness (QED) is 0.144. The number of benzene rings is 2. The third-order valence-electron chi connectivity index (χ3n) is 7.71. The molecule has 1 aliphatic heterocycles. The van der Waals surface area contributed by atoms with E-state index in [0.717, 1.165) is 76.7 Å². The molecular formula is C32H42N2O6S3. The number of thiophene rings is 1. The second-order valence-electron chi connectivity index (χ2n) is 11.1. The van der Waals surface area contributed by atoms with Crippen LogP contribution in [0.3, 0.4) is 0 Å². The molecule has 4 rings (SSSR count). The number of likely N-dealkylation sites (tertiary alicyclic amines) is 1. The summed E-state index contributed by atoms with van der Waals surface area (Å²) in [5.41, 5.74) is 1.07. The Labute approximate surface area is 260 Å². The molecule has 0 bridgehead atoms. The average molecular weight is 647 g/mol. The minimum absolute atomic E-state index is 0.0581. The lowest BCUT2D eigenvalue weighted by Crippen LogP contribution is -2.37. The topological polar surface area (TPSA) is 101 Å². The predicted molar refractivity (Wildman–Crippen MR) is 170 cm³/mol.